The summed E-state index contributed by atoms with van der Waals surface area (Å²) in [5, 5.41) is 0.690. The summed E-state index contributed by atoms with van der Waals surface area (Å²) in [5.41, 5.74) is 0.540. The summed E-state index contributed by atoms with van der Waals surface area (Å²) in [4.78, 5) is 16.9. The molecule has 2 aromatic heterocycles. The van der Waals surface area contributed by atoms with E-state index >= 15 is 0 Å². The van der Waals surface area contributed by atoms with E-state index in [-0.39, 0.29) is 22.6 Å². The first kappa shape index (κ1) is 18.9. The fraction of sp³-hybridized carbons (Fsp3) is 0.143. The van der Waals surface area contributed by atoms with Gasteiger partial charge >= 0.3 is 5.91 Å². The van der Waals surface area contributed by atoms with Crippen molar-refractivity contribution in [1.82, 2.24) is 4.57 Å². The number of halogens is 2. The van der Waals surface area contributed by atoms with Gasteiger partial charge < -0.3 is 13.7 Å². The maximum Gasteiger partial charge on any atom is 0.315 e. The maximum atomic E-state index is 14.3. The molecule has 0 atom stereocenters. The van der Waals surface area contributed by atoms with E-state index in [0.29, 0.717) is 28.0 Å². The highest BCUT2D eigenvalue weighted by Gasteiger charge is 2.17. The van der Waals surface area contributed by atoms with Crippen molar-refractivity contribution in [3.8, 4) is 18.1 Å². The molecule has 4 aromatic rings. The number of ether oxygens (including phenoxy) is 1. The minimum atomic E-state index is -0.773. The second-order valence-electron chi connectivity index (χ2n) is 6.04. The number of rotatable bonds is 4. The van der Waals surface area contributed by atoms with E-state index < -0.39 is 17.5 Å². The molecule has 0 saturated heterocycles. The fourth-order valence-corrected chi connectivity index (χ4v) is 4.07. The second kappa shape index (κ2) is 7.53. The van der Waals surface area contributed by atoms with Gasteiger partial charge in [0.1, 0.15) is 5.82 Å². The van der Waals surface area contributed by atoms with Crippen molar-refractivity contribution in [3.63, 3.8) is 0 Å². The third kappa shape index (κ3) is 3.41. The Morgan fingerprint density at radius 2 is 2.17 bits per heavy atom. The predicted molar refractivity (Wildman–Crippen MR) is 106 cm³/mol. The molecule has 0 saturated carbocycles. The van der Waals surface area contributed by atoms with Crippen LogP contribution in [0.15, 0.2) is 45.8 Å². The molecule has 0 aliphatic rings. The average molecular weight is 412 g/mol. The molecular weight excluding hydrogens is 398 g/mol. The number of hydrogen-bond acceptors (Lipinski definition) is 4. The van der Waals surface area contributed by atoms with E-state index in [1.165, 1.54) is 10.6 Å². The second-order valence-corrected chi connectivity index (χ2v) is 7.05. The van der Waals surface area contributed by atoms with Crippen LogP contribution in [0.4, 0.5) is 8.78 Å². The number of aromatic nitrogens is 1. The molecule has 5 nitrogen and oxygen atoms in total. The van der Waals surface area contributed by atoms with Crippen molar-refractivity contribution in [2.75, 3.05) is 6.61 Å². The summed E-state index contributed by atoms with van der Waals surface area (Å²) in [6, 6.07) is 8.82. The topological polar surface area (TPSA) is 56.7 Å². The van der Waals surface area contributed by atoms with E-state index in [9.17, 15) is 13.6 Å². The van der Waals surface area contributed by atoms with Gasteiger partial charge in [0.15, 0.2) is 27.7 Å². The Hall–Kier alpha value is -3.44. The molecule has 8 heteroatoms. The van der Waals surface area contributed by atoms with Crippen LogP contribution in [0.3, 0.4) is 0 Å². The Labute approximate surface area is 167 Å². The van der Waals surface area contributed by atoms with Crippen molar-refractivity contribution >= 4 is 38.4 Å². The molecule has 0 N–H and O–H groups in total. The number of fused-ring (bicyclic) bond motifs is 2. The van der Waals surface area contributed by atoms with Crippen LogP contribution in [-0.4, -0.2) is 17.1 Å². The SMILES string of the molecule is C#CCn1c(=NC(=O)c2cc3cccc(OCC)c3o2)sc2cc(F)cc(F)c21. The molecule has 0 aliphatic carbocycles. The molecule has 2 aromatic carbocycles. The predicted octanol–water partition coefficient (Wildman–Crippen LogP) is 4.50. The smallest absolute Gasteiger partial charge is 0.315 e. The Bertz CT molecular complexity index is 1360. The van der Waals surface area contributed by atoms with Crippen LogP contribution in [0.1, 0.15) is 17.5 Å². The number of benzene rings is 2. The van der Waals surface area contributed by atoms with Gasteiger partial charge in [-0.2, -0.15) is 4.99 Å². The maximum absolute atomic E-state index is 14.3. The van der Waals surface area contributed by atoms with Gasteiger partial charge in [-0.25, -0.2) is 8.78 Å². The minimum Gasteiger partial charge on any atom is -0.490 e. The van der Waals surface area contributed by atoms with Crippen molar-refractivity contribution < 1.29 is 22.7 Å². The van der Waals surface area contributed by atoms with E-state index in [1.807, 2.05) is 6.92 Å². The van der Waals surface area contributed by atoms with Gasteiger partial charge in [0.25, 0.3) is 0 Å². The van der Waals surface area contributed by atoms with Crippen LogP contribution in [0.25, 0.3) is 21.2 Å². The number of amides is 1. The van der Waals surface area contributed by atoms with Crippen molar-refractivity contribution in [1.29, 1.82) is 0 Å². The van der Waals surface area contributed by atoms with Gasteiger partial charge in [0.05, 0.1) is 23.4 Å². The first-order chi connectivity index (χ1) is 14.0. The highest BCUT2D eigenvalue weighted by molar-refractivity contribution is 7.16. The summed E-state index contributed by atoms with van der Waals surface area (Å²) in [5.74, 6) is 0.764. The molecule has 0 radical (unpaired) electrons. The lowest BCUT2D eigenvalue weighted by Gasteiger charge is -2.02. The molecule has 4 rings (SSSR count). The van der Waals surface area contributed by atoms with Crippen molar-refractivity contribution in [3.05, 3.63) is 58.6 Å². The van der Waals surface area contributed by atoms with Crippen LogP contribution in [-0.2, 0) is 6.54 Å². The molecule has 0 unspecified atom stereocenters. The number of para-hydroxylation sites is 1. The minimum absolute atomic E-state index is 0.00326. The van der Waals surface area contributed by atoms with Gasteiger partial charge in [-0.05, 0) is 25.1 Å². The average Bonchev–Trinajstić information content (AvgIpc) is 3.25. The number of terminal acetylenes is 1. The van der Waals surface area contributed by atoms with Crippen molar-refractivity contribution in [2.24, 2.45) is 4.99 Å². The lowest BCUT2D eigenvalue weighted by Crippen LogP contribution is -2.16. The van der Waals surface area contributed by atoms with Gasteiger partial charge in [-0.3, -0.25) is 4.79 Å². The summed E-state index contributed by atoms with van der Waals surface area (Å²) in [7, 11) is 0. The van der Waals surface area contributed by atoms with E-state index in [2.05, 4.69) is 10.9 Å². The van der Waals surface area contributed by atoms with Crippen LogP contribution in [0.2, 0.25) is 0 Å². The molecule has 29 heavy (non-hydrogen) atoms. The Morgan fingerprint density at radius 1 is 1.34 bits per heavy atom. The van der Waals surface area contributed by atoms with Gasteiger partial charge in [-0.15, -0.1) is 6.42 Å². The van der Waals surface area contributed by atoms with Crippen LogP contribution >= 0.6 is 11.3 Å². The van der Waals surface area contributed by atoms with Crippen LogP contribution in [0, 0.1) is 24.0 Å². The highest BCUT2D eigenvalue weighted by Crippen LogP contribution is 2.29. The third-order valence-corrected chi connectivity index (χ3v) is 5.19. The lowest BCUT2D eigenvalue weighted by molar-refractivity contribution is 0.0973. The first-order valence-corrected chi connectivity index (χ1v) is 9.49. The highest BCUT2D eigenvalue weighted by atomic mass is 32.1. The molecule has 1 amide bonds. The quantitative estimate of drug-likeness (QED) is 0.464. The molecular formula is C21H14F2N2O3S. The fourth-order valence-electron chi connectivity index (χ4n) is 3.01. The number of carbonyl (C=O) groups is 1. The Kier molecular flexibility index (Phi) is 4.91. The first-order valence-electron chi connectivity index (χ1n) is 8.68. The van der Waals surface area contributed by atoms with Gasteiger partial charge in [0, 0.05) is 11.5 Å². The molecule has 0 fully saturated rings. The standard InChI is InChI=1S/C21H14F2N2O3S/c1-3-8-25-18-14(23)10-13(22)11-17(18)29-21(25)24-20(26)16-9-12-6-5-7-15(27-4-2)19(12)28-16/h1,5-7,9-11H,4,8H2,2H3. The summed E-state index contributed by atoms with van der Waals surface area (Å²) in [6.07, 6.45) is 5.38. The van der Waals surface area contributed by atoms with E-state index in [0.717, 1.165) is 17.4 Å². The zero-order valence-corrected chi connectivity index (χ0v) is 16.1. The van der Waals surface area contributed by atoms with Crippen molar-refractivity contribution in [2.45, 2.75) is 13.5 Å². The Morgan fingerprint density at radius 3 is 2.93 bits per heavy atom. The number of furan rings is 1. The summed E-state index contributed by atoms with van der Waals surface area (Å²) in [6.45, 7) is 2.27. The number of hydrogen-bond donors (Lipinski definition) is 0. The van der Waals surface area contributed by atoms with Crippen LogP contribution < -0.4 is 9.54 Å². The molecule has 0 aliphatic heterocycles. The molecule has 0 bridgehead atoms. The third-order valence-electron chi connectivity index (χ3n) is 4.16. The van der Waals surface area contributed by atoms with E-state index in [4.69, 9.17) is 15.6 Å². The molecule has 0 spiro atoms. The van der Waals surface area contributed by atoms with E-state index in [1.54, 1.807) is 24.3 Å². The number of carbonyl (C=O) groups excluding carboxylic acids is 1. The summed E-state index contributed by atoms with van der Waals surface area (Å²) < 4.78 is 40.7. The molecule has 2 heterocycles. The number of nitrogens with zero attached hydrogens (tertiary/aromatic N) is 2. The zero-order valence-electron chi connectivity index (χ0n) is 15.2. The Balaban J connectivity index is 1.85. The summed E-state index contributed by atoms with van der Waals surface area (Å²) >= 11 is 0.967. The normalized spacial score (nSPS) is 11.9. The van der Waals surface area contributed by atoms with Crippen LogP contribution in [0.5, 0.6) is 5.75 Å². The lowest BCUT2D eigenvalue weighted by atomic mass is 10.2. The number of thiazole rings is 1. The van der Waals surface area contributed by atoms with Gasteiger partial charge in [0.2, 0.25) is 0 Å². The monoisotopic (exact) mass is 412 g/mol. The zero-order chi connectivity index (χ0) is 20.5. The molecule has 146 valence electrons. The van der Waals surface area contributed by atoms with Gasteiger partial charge in [-0.1, -0.05) is 29.4 Å². The largest absolute Gasteiger partial charge is 0.490 e.